The molecule has 25 heavy (non-hydrogen) atoms. The Labute approximate surface area is 147 Å². The lowest BCUT2D eigenvalue weighted by molar-refractivity contribution is -0.137. The highest BCUT2D eigenvalue weighted by atomic mass is 16.3. The van der Waals surface area contributed by atoms with Crippen molar-refractivity contribution in [2.75, 3.05) is 6.54 Å². The number of fused-ring (bicyclic) bond motifs is 3. The van der Waals surface area contributed by atoms with Crippen molar-refractivity contribution in [2.45, 2.75) is 44.9 Å². The molecule has 0 aliphatic carbocycles. The van der Waals surface area contributed by atoms with Crippen LogP contribution in [-0.2, 0) is 11.3 Å². The molecule has 0 bridgehead atoms. The molecule has 1 N–H and O–H groups in total. The van der Waals surface area contributed by atoms with Crippen molar-refractivity contribution in [1.82, 2.24) is 9.47 Å². The van der Waals surface area contributed by atoms with Gasteiger partial charge in [0, 0.05) is 40.8 Å². The zero-order chi connectivity index (χ0) is 17.4. The number of nitrogens with zero attached hydrogens (tertiary/aromatic N) is 2. The van der Waals surface area contributed by atoms with Crippen LogP contribution in [0.2, 0.25) is 0 Å². The highest BCUT2D eigenvalue weighted by Gasteiger charge is 2.27. The first-order valence-electron chi connectivity index (χ1n) is 9.08. The van der Waals surface area contributed by atoms with Gasteiger partial charge in [0.05, 0.1) is 12.6 Å². The summed E-state index contributed by atoms with van der Waals surface area (Å²) in [6.07, 6.45) is 2.00. The molecule has 2 atom stereocenters. The van der Waals surface area contributed by atoms with Crippen molar-refractivity contribution in [2.24, 2.45) is 0 Å². The number of aliphatic hydroxyl groups excluding tert-OH is 1. The SMILES string of the molecule is CC1CCCC(=O)N1CC(O)Cn1c2ccccc2c2ccccc21. The van der Waals surface area contributed by atoms with Crippen LogP contribution in [-0.4, -0.2) is 39.2 Å². The van der Waals surface area contributed by atoms with E-state index in [1.807, 2.05) is 29.2 Å². The molecule has 0 spiro atoms. The zero-order valence-corrected chi connectivity index (χ0v) is 14.6. The van der Waals surface area contributed by atoms with Crippen molar-refractivity contribution < 1.29 is 9.90 Å². The van der Waals surface area contributed by atoms with Crippen LogP contribution < -0.4 is 0 Å². The fraction of sp³-hybridized carbons (Fsp3) is 0.381. The van der Waals surface area contributed by atoms with E-state index in [1.54, 1.807) is 0 Å². The van der Waals surface area contributed by atoms with Gasteiger partial charge in [0.1, 0.15) is 0 Å². The third-order valence-electron chi connectivity index (χ3n) is 5.35. The number of β-amino-alcohol motifs (C(OH)–C–C–N with tert-alkyl or cyclic N) is 1. The third-order valence-corrected chi connectivity index (χ3v) is 5.35. The molecule has 2 aromatic carbocycles. The fourth-order valence-corrected chi connectivity index (χ4v) is 4.07. The predicted octanol–water partition coefficient (Wildman–Crippen LogP) is 3.56. The number of benzene rings is 2. The number of carbonyl (C=O) groups is 1. The summed E-state index contributed by atoms with van der Waals surface area (Å²) in [5, 5.41) is 13.1. The zero-order valence-electron chi connectivity index (χ0n) is 14.6. The van der Waals surface area contributed by atoms with E-state index in [-0.39, 0.29) is 11.9 Å². The second kappa shape index (κ2) is 6.52. The lowest BCUT2D eigenvalue weighted by Crippen LogP contribution is -2.46. The van der Waals surface area contributed by atoms with Crippen molar-refractivity contribution >= 4 is 27.7 Å². The van der Waals surface area contributed by atoms with Crippen LogP contribution in [0.1, 0.15) is 26.2 Å². The lowest BCUT2D eigenvalue weighted by Gasteiger charge is -2.35. The van der Waals surface area contributed by atoms with E-state index in [9.17, 15) is 9.90 Å². The average molecular weight is 336 g/mol. The van der Waals surface area contributed by atoms with Gasteiger partial charge < -0.3 is 14.6 Å². The van der Waals surface area contributed by atoms with Gasteiger partial charge in [-0.15, -0.1) is 0 Å². The number of carbonyl (C=O) groups excluding carboxylic acids is 1. The standard InChI is InChI=1S/C21H24N2O2/c1-15-7-6-12-21(25)22(15)13-16(24)14-23-19-10-4-2-8-17(19)18-9-3-5-11-20(18)23/h2-5,8-11,15-16,24H,6-7,12-14H2,1H3. The van der Waals surface area contributed by atoms with Gasteiger partial charge in [0.25, 0.3) is 0 Å². The Morgan fingerprint density at radius 2 is 1.64 bits per heavy atom. The van der Waals surface area contributed by atoms with Crippen LogP contribution >= 0.6 is 0 Å². The Kier molecular flexibility index (Phi) is 4.22. The van der Waals surface area contributed by atoms with Crippen molar-refractivity contribution in [3.8, 4) is 0 Å². The average Bonchev–Trinajstić information content (AvgIpc) is 2.93. The number of amides is 1. The molecule has 1 fully saturated rings. The second-order valence-corrected chi connectivity index (χ2v) is 7.09. The summed E-state index contributed by atoms with van der Waals surface area (Å²) in [6.45, 7) is 2.97. The Balaban J connectivity index is 1.64. The smallest absolute Gasteiger partial charge is 0.222 e. The first-order valence-corrected chi connectivity index (χ1v) is 9.08. The van der Waals surface area contributed by atoms with Crippen molar-refractivity contribution in [3.05, 3.63) is 48.5 Å². The molecule has 3 aromatic rings. The topological polar surface area (TPSA) is 45.5 Å². The summed E-state index contributed by atoms with van der Waals surface area (Å²) in [5.41, 5.74) is 2.25. The summed E-state index contributed by atoms with van der Waals surface area (Å²) in [6, 6.07) is 16.8. The normalized spacial score (nSPS) is 19.7. The highest BCUT2D eigenvalue weighted by molar-refractivity contribution is 6.07. The molecule has 1 saturated heterocycles. The van der Waals surface area contributed by atoms with Crippen molar-refractivity contribution in [1.29, 1.82) is 0 Å². The van der Waals surface area contributed by atoms with Gasteiger partial charge in [-0.2, -0.15) is 0 Å². The molecule has 130 valence electrons. The monoisotopic (exact) mass is 336 g/mol. The predicted molar refractivity (Wildman–Crippen MR) is 100 cm³/mol. The number of para-hydroxylation sites is 2. The van der Waals surface area contributed by atoms with E-state index >= 15 is 0 Å². The highest BCUT2D eigenvalue weighted by Crippen LogP contribution is 2.29. The van der Waals surface area contributed by atoms with E-state index in [1.165, 1.54) is 10.8 Å². The maximum Gasteiger partial charge on any atom is 0.222 e. The first-order chi connectivity index (χ1) is 12.1. The molecule has 4 rings (SSSR count). The van der Waals surface area contributed by atoms with Gasteiger partial charge in [-0.05, 0) is 31.9 Å². The Bertz CT molecular complexity index is 861. The van der Waals surface area contributed by atoms with E-state index < -0.39 is 6.10 Å². The summed E-state index contributed by atoms with van der Waals surface area (Å²) >= 11 is 0. The first kappa shape index (κ1) is 16.2. The maximum atomic E-state index is 12.2. The van der Waals surface area contributed by atoms with Gasteiger partial charge >= 0.3 is 0 Å². The van der Waals surface area contributed by atoms with Gasteiger partial charge in [0.15, 0.2) is 0 Å². The maximum absolute atomic E-state index is 12.2. The van der Waals surface area contributed by atoms with Crippen LogP contribution in [0.25, 0.3) is 21.8 Å². The number of likely N-dealkylation sites (tertiary alicyclic amines) is 1. The molecule has 2 heterocycles. The largest absolute Gasteiger partial charge is 0.389 e. The molecule has 0 radical (unpaired) electrons. The Morgan fingerprint density at radius 3 is 2.24 bits per heavy atom. The number of hydrogen-bond donors (Lipinski definition) is 1. The minimum atomic E-state index is -0.580. The van der Waals surface area contributed by atoms with E-state index in [0.717, 1.165) is 23.9 Å². The van der Waals surface area contributed by atoms with Gasteiger partial charge in [0.2, 0.25) is 5.91 Å². The molecular formula is C21H24N2O2. The summed E-state index contributed by atoms with van der Waals surface area (Å²) in [5.74, 6) is 0.167. The number of aliphatic hydroxyl groups is 1. The van der Waals surface area contributed by atoms with Gasteiger partial charge in [-0.1, -0.05) is 36.4 Å². The lowest BCUT2D eigenvalue weighted by atomic mass is 10.0. The molecule has 2 unspecified atom stereocenters. The molecule has 1 aromatic heterocycles. The summed E-state index contributed by atoms with van der Waals surface area (Å²) in [4.78, 5) is 14.0. The van der Waals surface area contributed by atoms with E-state index in [0.29, 0.717) is 19.5 Å². The quantitative estimate of drug-likeness (QED) is 0.792. The summed E-state index contributed by atoms with van der Waals surface area (Å²) in [7, 11) is 0. The second-order valence-electron chi connectivity index (χ2n) is 7.09. The van der Waals surface area contributed by atoms with E-state index in [2.05, 4.69) is 35.8 Å². The number of hydrogen-bond acceptors (Lipinski definition) is 2. The third kappa shape index (κ3) is 2.91. The van der Waals surface area contributed by atoms with Crippen LogP contribution in [0.3, 0.4) is 0 Å². The van der Waals surface area contributed by atoms with Crippen LogP contribution in [0.15, 0.2) is 48.5 Å². The Morgan fingerprint density at radius 1 is 1.04 bits per heavy atom. The van der Waals surface area contributed by atoms with Crippen LogP contribution in [0.4, 0.5) is 0 Å². The summed E-state index contributed by atoms with van der Waals surface area (Å²) < 4.78 is 2.18. The molecule has 4 heteroatoms. The molecule has 4 nitrogen and oxygen atoms in total. The molecule has 1 amide bonds. The number of rotatable bonds is 4. The fourth-order valence-electron chi connectivity index (χ4n) is 4.07. The Hall–Kier alpha value is -2.33. The minimum Gasteiger partial charge on any atom is -0.389 e. The molecule has 0 saturated carbocycles. The minimum absolute atomic E-state index is 0.167. The number of aromatic nitrogens is 1. The molecule has 1 aliphatic rings. The van der Waals surface area contributed by atoms with Crippen molar-refractivity contribution in [3.63, 3.8) is 0 Å². The van der Waals surface area contributed by atoms with Crippen LogP contribution in [0, 0.1) is 0 Å². The van der Waals surface area contributed by atoms with Gasteiger partial charge in [-0.25, -0.2) is 0 Å². The number of piperidine rings is 1. The molecule has 1 aliphatic heterocycles. The van der Waals surface area contributed by atoms with Gasteiger partial charge in [-0.3, -0.25) is 4.79 Å². The van der Waals surface area contributed by atoms with E-state index in [4.69, 9.17) is 0 Å². The molecular weight excluding hydrogens is 312 g/mol. The van der Waals surface area contributed by atoms with Crippen LogP contribution in [0.5, 0.6) is 0 Å².